The van der Waals surface area contributed by atoms with E-state index in [0.717, 1.165) is 49.3 Å². The van der Waals surface area contributed by atoms with Gasteiger partial charge in [0.1, 0.15) is 24.3 Å². The van der Waals surface area contributed by atoms with Gasteiger partial charge in [-0.2, -0.15) is 0 Å². The van der Waals surface area contributed by atoms with Crippen molar-refractivity contribution >= 4 is 10.9 Å². The Labute approximate surface area is 217 Å². The highest BCUT2D eigenvalue weighted by atomic mass is 19.1. The van der Waals surface area contributed by atoms with Crippen molar-refractivity contribution in [1.82, 2.24) is 9.88 Å². The maximum absolute atomic E-state index is 13.3. The van der Waals surface area contributed by atoms with Gasteiger partial charge in [0.05, 0.1) is 5.52 Å². The summed E-state index contributed by atoms with van der Waals surface area (Å²) in [7, 11) is 0. The zero-order valence-electron chi connectivity index (χ0n) is 21.0. The summed E-state index contributed by atoms with van der Waals surface area (Å²) in [5.41, 5.74) is 4.62. The van der Waals surface area contributed by atoms with Crippen molar-refractivity contribution in [3.8, 4) is 5.75 Å². The van der Waals surface area contributed by atoms with Gasteiger partial charge in [0.2, 0.25) is 0 Å². The Bertz CT molecular complexity index is 1340. The van der Waals surface area contributed by atoms with Crippen LogP contribution in [0, 0.1) is 17.7 Å². The number of fused-ring (bicyclic) bond motifs is 2. The fraction of sp³-hybridized carbons (Fsp3) is 0.344. The summed E-state index contributed by atoms with van der Waals surface area (Å²) >= 11 is 0. The molecule has 0 spiro atoms. The Morgan fingerprint density at radius 3 is 2.57 bits per heavy atom. The summed E-state index contributed by atoms with van der Waals surface area (Å²) in [5.74, 6) is 2.41. The van der Waals surface area contributed by atoms with Crippen LogP contribution < -0.4 is 4.74 Å². The van der Waals surface area contributed by atoms with Crippen LogP contribution in [0.2, 0.25) is 0 Å². The zero-order chi connectivity index (χ0) is 25.2. The van der Waals surface area contributed by atoms with Crippen LogP contribution in [0.25, 0.3) is 10.9 Å². The van der Waals surface area contributed by atoms with Gasteiger partial charge in [-0.25, -0.2) is 4.39 Å². The van der Waals surface area contributed by atoms with Crippen molar-refractivity contribution in [2.24, 2.45) is 11.8 Å². The summed E-state index contributed by atoms with van der Waals surface area (Å²) in [6.45, 7) is 2.93. The van der Waals surface area contributed by atoms with Gasteiger partial charge in [-0.05, 0) is 84.5 Å². The molecule has 2 fully saturated rings. The molecule has 1 saturated heterocycles. The molecule has 4 nitrogen and oxygen atoms in total. The maximum Gasteiger partial charge on any atom is 0.123 e. The number of aliphatic hydroxyl groups excluding tert-OH is 1. The van der Waals surface area contributed by atoms with E-state index in [2.05, 4.69) is 41.3 Å². The number of β-amino-alcohol motifs (C(OH)–C–C–N with tert-alkyl or cyclic N) is 1. The first-order valence-electron chi connectivity index (χ1n) is 13.3. The van der Waals surface area contributed by atoms with E-state index in [9.17, 15) is 9.50 Å². The Morgan fingerprint density at radius 2 is 1.73 bits per heavy atom. The van der Waals surface area contributed by atoms with Gasteiger partial charge in [-0.3, -0.25) is 4.98 Å². The average Bonchev–Trinajstić information content (AvgIpc) is 3.22. The van der Waals surface area contributed by atoms with Gasteiger partial charge in [-0.15, -0.1) is 0 Å². The summed E-state index contributed by atoms with van der Waals surface area (Å²) < 4.78 is 19.1. The monoisotopic (exact) mass is 496 g/mol. The standard InChI is InChI=1S/C32H33FN2O2/c33-26-11-8-23(9-12-26)30-17-25-18-35(20-31(25)30)19-28(36)21-37-29-15-6-22(7-16-29)5-13-27-14-10-24-3-1-2-4-32(24)34-27/h1-4,6-12,14-16,25,28,30-31,36H,5,13,17-21H2. The number of likely N-dealkylation sites (tertiary alicyclic amines) is 1. The number of hydrogen-bond donors (Lipinski definition) is 1. The smallest absolute Gasteiger partial charge is 0.123 e. The summed E-state index contributed by atoms with van der Waals surface area (Å²) in [6, 6.07) is 27.6. The van der Waals surface area contributed by atoms with E-state index in [1.54, 1.807) is 12.1 Å². The fourth-order valence-electron chi connectivity index (χ4n) is 6.06. The highest BCUT2D eigenvalue weighted by Gasteiger charge is 2.47. The molecule has 2 heterocycles. The second kappa shape index (κ2) is 10.6. The number of para-hydroxylation sites is 1. The lowest BCUT2D eigenvalue weighted by molar-refractivity contribution is 0.0747. The van der Waals surface area contributed by atoms with Crippen molar-refractivity contribution in [3.63, 3.8) is 0 Å². The molecule has 5 heteroatoms. The van der Waals surface area contributed by atoms with E-state index < -0.39 is 6.10 Å². The van der Waals surface area contributed by atoms with Crippen LogP contribution in [-0.4, -0.2) is 47.3 Å². The molecule has 0 bridgehead atoms. The molecule has 1 N–H and O–H groups in total. The molecule has 3 aromatic carbocycles. The molecule has 190 valence electrons. The molecule has 4 aromatic rings. The molecule has 1 aliphatic heterocycles. The van der Waals surface area contributed by atoms with Crippen molar-refractivity contribution in [1.29, 1.82) is 0 Å². The van der Waals surface area contributed by atoms with Gasteiger partial charge in [0, 0.05) is 30.7 Å². The normalized spacial score (nSPS) is 21.9. The number of aliphatic hydroxyl groups is 1. The van der Waals surface area contributed by atoms with Gasteiger partial charge in [0.15, 0.2) is 0 Å². The number of benzene rings is 3. The molecule has 1 aromatic heterocycles. The first kappa shape index (κ1) is 24.1. The summed E-state index contributed by atoms with van der Waals surface area (Å²) in [5, 5.41) is 11.8. The molecule has 1 aliphatic carbocycles. The largest absolute Gasteiger partial charge is 0.491 e. The van der Waals surface area contributed by atoms with Crippen LogP contribution >= 0.6 is 0 Å². The van der Waals surface area contributed by atoms with Gasteiger partial charge >= 0.3 is 0 Å². The third-order valence-electron chi connectivity index (χ3n) is 8.10. The minimum Gasteiger partial charge on any atom is -0.491 e. The zero-order valence-corrected chi connectivity index (χ0v) is 21.0. The highest BCUT2D eigenvalue weighted by molar-refractivity contribution is 5.78. The molecule has 37 heavy (non-hydrogen) atoms. The Balaban J connectivity index is 0.942. The first-order chi connectivity index (χ1) is 18.1. The lowest BCUT2D eigenvalue weighted by Crippen LogP contribution is -2.34. The molecule has 1 saturated carbocycles. The van der Waals surface area contributed by atoms with Crippen LogP contribution in [0.3, 0.4) is 0 Å². The molecule has 4 unspecified atom stereocenters. The van der Waals surface area contributed by atoms with Crippen molar-refractivity contribution in [2.75, 3.05) is 26.2 Å². The van der Waals surface area contributed by atoms with Gasteiger partial charge in [0.25, 0.3) is 0 Å². The number of aromatic nitrogens is 1. The molecular weight excluding hydrogens is 463 g/mol. The quantitative estimate of drug-likeness (QED) is 0.326. The molecule has 6 rings (SSSR count). The average molecular weight is 497 g/mol. The topological polar surface area (TPSA) is 45.6 Å². The van der Waals surface area contributed by atoms with Gasteiger partial charge in [-0.1, -0.05) is 48.5 Å². The van der Waals surface area contributed by atoms with Gasteiger partial charge < -0.3 is 14.7 Å². The van der Waals surface area contributed by atoms with Crippen LogP contribution in [0.15, 0.2) is 84.9 Å². The van der Waals surface area contributed by atoms with E-state index >= 15 is 0 Å². The van der Waals surface area contributed by atoms with E-state index in [1.165, 1.54) is 16.5 Å². The molecule has 4 atom stereocenters. The van der Waals surface area contributed by atoms with Crippen molar-refractivity contribution in [2.45, 2.75) is 31.3 Å². The second-order valence-electron chi connectivity index (χ2n) is 10.6. The Hall–Kier alpha value is -3.28. The summed E-state index contributed by atoms with van der Waals surface area (Å²) in [6.07, 6.45) is 2.44. The van der Waals surface area contributed by atoms with E-state index in [-0.39, 0.29) is 12.4 Å². The van der Waals surface area contributed by atoms with E-state index in [0.29, 0.717) is 24.3 Å². The first-order valence-corrected chi connectivity index (χ1v) is 13.3. The lowest BCUT2D eigenvalue weighted by Gasteiger charge is -2.40. The number of hydrogen-bond acceptors (Lipinski definition) is 4. The van der Waals surface area contributed by atoms with E-state index in [4.69, 9.17) is 9.72 Å². The Morgan fingerprint density at radius 1 is 0.919 bits per heavy atom. The SMILES string of the molecule is OC(COc1ccc(CCc2ccc3ccccc3n2)cc1)CN1CC2CC(c3ccc(F)cc3)C2C1. The number of ether oxygens (including phenoxy) is 1. The van der Waals surface area contributed by atoms with Crippen molar-refractivity contribution < 1.29 is 14.2 Å². The third-order valence-corrected chi connectivity index (χ3v) is 8.10. The lowest BCUT2D eigenvalue weighted by atomic mass is 9.64. The summed E-state index contributed by atoms with van der Waals surface area (Å²) in [4.78, 5) is 7.12. The molecule has 0 amide bonds. The number of rotatable bonds is 9. The van der Waals surface area contributed by atoms with E-state index in [1.807, 2.05) is 36.4 Å². The number of halogens is 1. The number of aryl methyl sites for hydroxylation is 2. The fourth-order valence-corrected chi connectivity index (χ4v) is 6.06. The minimum absolute atomic E-state index is 0.177. The number of nitrogens with zero attached hydrogens (tertiary/aromatic N) is 2. The minimum atomic E-state index is -0.527. The molecule has 0 radical (unpaired) electrons. The second-order valence-corrected chi connectivity index (χ2v) is 10.6. The van der Waals surface area contributed by atoms with Crippen LogP contribution in [-0.2, 0) is 12.8 Å². The van der Waals surface area contributed by atoms with Crippen LogP contribution in [0.5, 0.6) is 5.75 Å². The van der Waals surface area contributed by atoms with Crippen molar-refractivity contribution in [3.05, 3.63) is 108 Å². The molecular formula is C32H33FN2O2. The maximum atomic E-state index is 13.3. The molecule has 2 aliphatic rings. The van der Waals surface area contributed by atoms with Crippen LogP contribution in [0.4, 0.5) is 4.39 Å². The third kappa shape index (κ3) is 5.53. The number of pyridine rings is 1. The Kier molecular flexibility index (Phi) is 6.90. The predicted octanol–water partition coefficient (Wildman–Crippen LogP) is 5.63. The predicted molar refractivity (Wildman–Crippen MR) is 144 cm³/mol. The highest BCUT2D eigenvalue weighted by Crippen LogP contribution is 2.51. The van der Waals surface area contributed by atoms with Crippen LogP contribution in [0.1, 0.15) is 29.2 Å².